The van der Waals surface area contributed by atoms with Gasteiger partial charge in [0.1, 0.15) is 0 Å². The molecule has 0 N–H and O–H groups in total. The zero-order valence-electron chi connectivity index (χ0n) is 9.47. The highest BCUT2D eigenvalue weighted by Crippen LogP contribution is 2.16. The smallest absolute Gasteiger partial charge is 0.166 e. The maximum absolute atomic E-state index is 4.97. The molecule has 2 rings (SSSR count). The molecular formula is C13H17NO. The summed E-state index contributed by atoms with van der Waals surface area (Å²) in [7, 11) is 0. The minimum absolute atomic E-state index is 0.811. The van der Waals surface area contributed by atoms with Gasteiger partial charge in [-0.3, -0.25) is 0 Å². The summed E-state index contributed by atoms with van der Waals surface area (Å²) in [5, 5.41) is 3.62. The monoisotopic (exact) mass is 203 g/mol. The first-order chi connectivity index (χ1) is 7.20. The molecule has 0 amide bonds. The van der Waals surface area contributed by atoms with Gasteiger partial charge >= 0.3 is 0 Å². The van der Waals surface area contributed by atoms with Crippen LogP contribution in [0.15, 0.2) is 47.1 Å². The van der Waals surface area contributed by atoms with Crippen molar-refractivity contribution in [2.24, 2.45) is 5.92 Å². The highest BCUT2D eigenvalue weighted by atomic mass is 16.5. The third kappa shape index (κ3) is 4.45. The van der Waals surface area contributed by atoms with Crippen LogP contribution in [-0.4, -0.2) is 5.16 Å². The standard InChI is InChI=1S/C9H7NO.C4H10/c1-2-4-8(5-3-1)9-6-7-10-11-9;1-4(2)3/h1-7H;4H,1-3H3. The lowest BCUT2D eigenvalue weighted by atomic mass is 10.2. The molecule has 0 aliphatic rings. The van der Waals surface area contributed by atoms with Crippen LogP contribution in [0.3, 0.4) is 0 Å². The number of rotatable bonds is 1. The molecule has 0 atom stereocenters. The van der Waals surface area contributed by atoms with E-state index in [0.717, 1.165) is 17.2 Å². The molecule has 2 heteroatoms. The third-order valence-electron chi connectivity index (χ3n) is 1.50. The van der Waals surface area contributed by atoms with E-state index in [1.807, 2.05) is 36.4 Å². The predicted molar refractivity (Wildman–Crippen MR) is 62.5 cm³/mol. The molecule has 80 valence electrons. The van der Waals surface area contributed by atoms with Gasteiger partial charge in [0.05, 0.1) is 6.20 Å². The molecule has 0 spiro atoms. The molecule has 0 unspecified atom stereocenters. The van der Waals surface area contributed by atoms with Gasteiger partial charge < -0.3 is 4.52 Å². The van der Waals surface area contributed by atoms with E-state index in [0.29, 0.717) is 0 Å². The summed E-state index contributed by atoms with van der Waals surface area (Å²) in [4.78, 5) is 0. The minimum atomic E-state index is 0.811. The Balaban J connectivity index is 0.000000245. The third-order valence-corrected chi connectivity index (χ3v) is 1.50. The van der Waals surface area contributed by atoms with E-state index in [1.165, 1.54) is 0 Å². The van der Waals surface area contributed by atoms with E-state index in [9.17, 15) is 0 Å². The van der Waals surface area contributed by atoms with E-state index < -0.39 is 0 Å². The Labute approximate surface area is 90.9 Å². The van der Waals surface area contributed by atoms with Gasteiger partial charge in [0.25, 0.3) is 0 Å². The highest BCUT2D eigenvalue weighted by Gasteiger charge is 1.97. The molecule has 0 bridgehead atoms. The Morgan fingerprint density at radius 1 is 1.00 bits per heavy atom. The van der Waals surface area contributed by atoms with Gasteiger partial charge in [-0.05, 0) is 5.92 Å². The fraction of sp³-hybridized carbons (Fsp3) is 0.308. The zero-order chi connectivity index (χ0) is 11.1. The summed E-state index contributed by atoms with van der Waals surface area (Å²) in [6.07, 6.45) is 1.64. The zero-order valence-corrected chi connectivity index (χ0v) is 9.47. The molecule has 1 aromatic heterocycles. The lowest BCUT2D eigenvalue weighted by molar-refractivity contribution is 0.432. The van der Waals surface area contributed by atoms with Crippen molar-refractivity contribution >= 4 is 0 Å². The van der Waals surface area contributed by atoms with Gasteiger partial charge in [-0.1, -0.05) is 56.3 Å². The molecule has 0 radical (unpaired) electrons. The molecule has 15 heavy (non-hydrogen) atoms. The summed E-state index contributed by atoms with van der Waals surface area (Å²) in [5.74, 6) is 1.64. The van der Waals surface area contributed by atoms with Gasteiger partial charge in [-0.15, -0.1) is 0 Å². The maximum Gasteiger partial charge on any atom is 0.166 e. The topological polar surface area (TPSA) is 26.0 Å². The van der Waals surface area contributed by atoms with E-state index in [2.05, 4.69) is 25.9 Å². The van der Waals surface area contributed by atoms with Crippen LogP contribution in [0.2, 0.25) is 0 Å². The van der Waals surface area contributed by atoms with E-state index in [-0.39, 0.29) is 0 Å². The van der Waals surface area contributed by atoms with Crippen molar-refractivity contribution in [2.75, 3.05) is 0 Å². The van der Waals surface area contributed by atoms with Gasteiger partial charge in [0.15, 0.2) is 5.76 Å². The predicted octanol–water partition coefficient (Wildman–Crippen LogP) is 4.00. The van der Waals surface area contributed by atoms with Crippen LogP contribution in [0.4, 0.5) is 0 Å². The number of aromatic nitrogens is 1. The van der Waals surface area contributed by atoms with Crippen LogP contribution in [0, 0.1) is 5.92 Å². The Kier molecular flexibility index (Phi) is 4.61. The second-order valence-electron chi connectivity index (χ2n) is 3.97. The average molecular weight is 203 g/mol. The highest BCUT2D eigenvalue weighted by molar-refractivity contribution is 5.55. The molecule has 1 aromatic carbocycles. The second-order valence-corrected chi connectivity index (χ2v) is 3.97. The molecule has 2 aromatic rings. The largest absolute Gasteiger partial charge is 0.356 e. The lowest BCUT2D eigenvalue weighted by Gasteiger charge is -1.90. The van der Waals surface area contributed by atoms with Crippen molar-refractivity contribution in [2.45, 2.75) is 20.8 Å². The van der Waals surface area contributed by atoms with E-state index in [1.54, 1.807) is 6.20 Å². The van der Waals surface area contributed by atoms with Gasteiger partial charge in [-0.2, -0.15) is 0 Å². The second kappa shape index (κ2) is 6.02. The summed E-state index contributed by atoms with van der Waals surface area (Å²) >= 11 is 0. The number of benzene rings is 1. The normalized spacial score (nSPS) is 9.60. The first-order valence-electron chi connectivity index (χ1n) is 5.16. The first kappa shape index (κ1) is 11.5. The molecule has 0 aliphatic carbocycles. The summed E-state index contributed by atoms with van der Waals surface area (Å²) < 4.78 is 4.97. The number of hydrogen-bond donors (Lipinski definition) is 0. The van der Waals surface area contributed by atoms with Crippen molar-refractivity contribution in [3.05, 3.63) is 42.6 Å². The van der Waals surface area contributed by atoms with Crippen LogP contribution in [0.1, 0.15) is 20.8 Å². The van der Waals surface area contributed by atoms with Crippen LogP contribution in [0.5, 0.6) is 0 Å². The Morgan fingerprint density at radius 2 is 1.60 bits per heavy atom. The van der Waals surface area contributed by atoms with Crippen LogP contribution >= 0.6 is 0 Å². The minimum Gasteiger partial charge on any atom is -0.356 e. The summed E-state index contributed by atoms with van der Waals surface area (Å²) in [6.45, 7) is 6.50. The quantitative estimate of drug-likeness (QED) is 0.700. The Bertz CT molecular complexity index is 349. The molecule has 0 fully saturated rings. The Hall–Kier alpha value is -1.57. The summed E-state index contributed by atoms with van der Waals surface area (Å²) in [6, 6.07) is 11.7. The van der Waals surface area contributed by atoms with Crippen molar-refractivity contribution in [1.82, 2.24) is 5.16 Å². The molecule has 0 aliphatic heterocycles. The van der Waals surface area contributed by atoms with Gasteiger partial charge in [-0.25, -0.2) is 0 Å². The fourth-order valence-corrected chi connectivity index (χ4v) is 0.967. The van der Waals surface area contributed by atoms with Crippen molar-refractivity contribution < 1.29 is 4.52 Å². The van der Waals surface area contributed by atoms with Crippen LogP contribution in [0.25, 0.3) is 11.3 Å². The van der Waals surface area contributed by atoms with Crippen LogP contribution < -0.4 is 0 Å². The van der Waals surface area contributed by atoms with Gasteiger partial charge in [0, 0.05) is 11.6 Å². The van der Waals surface area contributed by atoms with Crippen molar-refractivity contribution in [3.8, 4) is 11.3 Å². The average Bonchev–Trinajstić information content (AvgIpc) is 2.71. The van der Waals surface area contributed by atoms with Crippen molar-refractivity contribution in [1.29, 1.82) is 0 Å². The molecule has 0 saturated carbocycles. The first-order valence-corrected chi connectivity index (χ1v) is 5.16. The van der Waals surface area contributed by atoms with Gasteiger partial charge in [0.2, 0.25) is 0 Å². The number of hydrogen-bond acceptors (Lipinski definition) is 2. The van der Waals surface area contributed by atoms with E-state index in [4.69, 9.17) is 4.52 Å². The SMILES string of the molecule is CC(C)C.c1ccc(-c2ccno2)cc1. The van der Waals surface area contributed by atoms with Crippen molar-refractivity contribution in [3.63, 3.8) is 0 Å². The van der Waals surface area contributed by atoms with Crippen LogP contribution in [-0.2, 0) is 0 Å². The van der Waals surface area contributed by atoms with E-state index >= 15 is 0 Å². The summed E-state index contributed by atoms with van der Waals surface area (Å²) in [5.41, 5.74) is 1.06. The molecule has 1 heterocycles. The Morgan fingerprint density at radius 3 is 2.07 bits per heavy atom. The fourth-order valence-electron chi connectivity index (χ4n) is 0.967. The lowest BCUT2D eigenvalue weighted by Crippen LogP contribution is -1.69. The molecule has 2 nitrogen and oxygen atoms in total. The maximum atomic E-state index is 4.97. The molecular weight excluding hydrogens is 186 g/mol. The number of nitrogens with zero attached hydrogens (tertiary/aromatic N) is 1. The molecule has 0 saturated heterocycles.